The van der Waals surface area contributed by atoms with Crippen molar-refractivity contribution in [2.24, 2.45) is 0 Å². The second-order valence-electron chi connectivity index (χ2n) is 7.27. The number of hydrogen-bond donors (Lipinski definition) is 0. The van der Waals surface area contributed by atoms with Crippen molar-refractivity contribution in [3.63, 3.8) is 0 Å². The molecule has 1 aliphatic rings. The first-order valence-electron chi connectivity index (χ1n) is 10.2. The van der Waals surface area contributed by atoms with Crippen LogP contribution >= 0.6 is 0 Å². The van der Waals surface area contributed by atoms with Crippen LogP contribution in [0.1, 0.15) is 37.9 Å². The molecule has 0 N–H and O–H groups in total. The topological polar surface area (TPSA) is 69.0 Å². The van der Waals surface area contributed by atoms with Crippen LogP contribution < -0.4 is 9.47 Å². The predicted octanol–water partition coefficient (Wildman–Crippen LogP) is 3.30. The molecule has 0 radical (unpaired) electrons. The van der Waals surface area contributed by atoms with Crippen LogP contribution in [0.15, 0.2) is 48.7 Å². The quantitative estimate of drug-likeness (QED) is 0.615. The van der Waals surface area contributed by atoms with Gasteiger partial charge in [0.25, 0.3) is 5.91 Å². The number of aromatic nitrogens is 3. The summed E-state index contributed by atoms with van der Waals surface area (Å²) < 4.78 is 13.3. The van der Waals surface area contributed by atoms with Crippen molar-refractivity contribution in [2.75, 3.05) is 26.3 Å². The molecule has 1 fully saturated rings. The monoisotopic (exact) mass is 394 g/mol. The number of pyridine rings is 1. The fraction of sp³-hybridized carbons (Fsp3) is 0.409. The van der Waals surface area contributed by atoms with Crippen molar-refractivity contribution in [2.45, 2.75) is 32.1 Å². The van der Waals surface area contributed by atoms with E-state index in [1.807, 2.05) is 58.0 Å². The van der Waals surface area contributed by atoms with E-state index in [2.05, 4.69) is 17.1 Å². The second-order valence-corrected chi connectivity index (χ2v) is 7.27. The molecule has 7 heteroatoms. The molecule has 29 heavy (non-hydrogen) atoms. The Labute approximate surface area is 170 Å². The molecular weight excluding hydrogens is 368 g/mol. The number of likely N-dealkylation sites (tertiary alicyclic amines) is 1. The Kier molecular flexibility index (Phi) is 5.93. The van der Waals surface area contributed by atoms with Crippen molar-refractivity contribution in [1.82, 2.24) is 19.5 Å². The molecule has 3 aromatic rings. The molecule has 2 aromatic heterocycles. The summed E-state index contributed by atoms with van der Waals surface area (Å²) in [5, 5.41) is 8.61. The van der Waals surface area contributed by atoms with Gasteiger partial charge in [0.1, 0.15) is 17.3 Å². The first-order chi connectivity index (χ1) is 14.2. The maximum Gasteiger partial charge on any atom is 0.260 e. The molecule has 1 aliphatic heterocycles. The summed E-state index contributed by atoms with van der Waals surface area (Å²) >= 11 is 0. The van der Waals surface area contributed by atoms with Crippen LogP contribution in [0.2, 0.25) is 0 Å². The molecule has 0 bridgehead atoms. The number of hydrogen-bond acceptors (Lipinski definition) is 5. The van der Waals surface area contributed by atoms with E-state index in [4.69, 9.17) is 9.47 Å². The fourth-order valence-corrected chi connectivity index (χ4v) is 3.64. The van der Waals surface area contributed by atoms with Crippen molar-refractivity contribution < 1.29 is 14.3 Å². The second kappa shape index (κ2) is 8.94. The molecule has 3 heterocycles. The molecule has 1 amide bonds. The zero-order valence-corrected chi connectivity index (χ0v) is 16.7. The van der Waals surface area contributed by atoms with Crippen LogP contribution in [-0.4, -0.2) is 51.7 Å². The number of ether oxygens (including phenoxy) is 2. The van der Waals surface area contributed by atoms with Crippen LogP contribution in [0, 0.1) is 0 Å². The maximum atomic E-state index is 12.7. The van der Waals surface area contributed by atoms with Crippen LogP contribution in [0.4, 0.5) is 0 Å². The Balaban J connectivity index is 1.34. The molecule has 1 saturated heterocycles. The van der Waals surface area contributed by atoms with Gasteiger partial charge in [0, 0.05) is 25.2 Å². The predicted molar refractivity (Wildman–Crippen MR) is 109 cm³/mol. The van der Waals surface area contributed by atoms with Crippen LogP contribution in [-0.2, 0) is 4.79 Å². The zero-order valence-electron chi connectivity index (χ0n) is 16.7. The van der Waals surface area contributed by atoms with Gasteiger partial charge >= 0.3 is 0 Å². The van der Waals surface area contributed by atoms with Gasteiger partial charge in [-0.1, -0.05) is 13.0 Å². The minimum absolute atomic E-state index is 0.00479. The first-order valence-corrected chi connectivity index (χ1v) is 10.2. The third-order valence-corrected chi connectivity index (χ3v) is 5.14. The molecule has 4 rings (SSSR count). The molecule has 0 spiro atoms. The highest BCUT2D eigenvalue weighted by molar-refractivity contribution is 5.78. The highest BCUT2D eigenvalue weighted by Gasteiger charge is 2.28. The molecule has 152 valence electrons. The minimum atomic E-state index is -0.00479. The Morgan fingerprint density at radius 3 is 2.69 bits per heavy atom. The van der Waals surface area contributed by atoms with Crippen molar-refractivity contribution in [3.05, 3.63) is 54.5 Å². The van der Waals surface area contributed by atoms with E-state index in [-0.39, 0.29) is 18.4 Å². The lowest BCUT2D eigenvalue weighted by Crippen LogP contribution is -2.42. The Morgan fingerprint density at radius 2 is 1.90 bits per heavy atom. The van der Waals surface area contributed by atoms with E-state index >= 15 is 0 Å². The average molecular weight is 394 g/mol. The SMILES string of the molecule is CCCOc1ccc(OCC(=O)N2CCCC(c3nnc4ccccn34)C2)cc1. The largest absolute Gasteiger partial charge is 0.494 e. The molecule has 1 atom stereocenters. The summed E-state index contributed by atoms with van der Waals surface area (Å²) in [6.07, 6.45) is 4.89. The number of nitrogens with zero attached hydrogens (tertiary/aromatic N) is 4. The number of carbonyl (C=O) groups excluding carboxylic acids is 1. The standard InChI is InChI=1S/C22H26N4O3/c1-2-14-28-18-8-10-19(11-9-18)29-16-21(27)25-12-5-6-17(15-25)22-24-23-20-7-3-4-13-26(20)22/h3-4,7-11,13,17H,2,5-6,12,14-16H2,1H3. The molecule has 0 saturated carbocycles. The maximum absolute atomic E-state index is 12.7. The lowest BCUT2D eigenvalue weighted by molar-refractivity contribution is -0.134. The lowest BCUT2D eigenvalue weighted by Gasteiger charge is -2.31. The molecule has 1 aromatic carbocycles. The van der Waals surface area contributed by atoms with Crippen molar-refractivity contribution in [1.29, 1.82) is 0 Å². The van der Waals surface area contributed by atoms with Gasteiger partial charge in [-0.05, 0) is 55.7 Å². The summed E-state index contributed by atoms with van der Waals surface area (Å²) in [6, 6.07) is 13.3. The van der Waals surface area contributed by atoms with Crippen LogP contribution in [0.25, 0.3) is 5.65 Å². The van der Waals surface area contributed by atoms with Gasteiger partial charge in [-0.3, -0.25) is 9.20 Å². The first kappa shape index (κ1) is 19.2. The number of carbonyl (C=O) groups is 1. The lowest BCUT2D eigenvalue weighted by atomic mass is 9.97. The summed E-state index contributed by atoms with van der Waals surface area (Å²) in [5.41, 5.74) is 0.834. The van der Waals surface area contributed by atoms with Crippen molar-refractivity contribution in [3.8, 4) is 11.5 Å². The van der Waals surface area contributed by atoms with Gasteiger partial charge in [-0.15, -0.1) is 10.2 Å². The normalized spacial score (nSPS) is 16.7. The number of benzene rings is 1. The Hall–Kier alpha value is -3.09. The summed E-state index contributed by atoms with van der Waals surface area (Å²) in [4.78, 5) is 14.6. The van der Waals surface area contributed by atoms with Gasteiger partial charge in [-0.25, -0.2) is 0 Å². The number of fused-ring (bicyclic) bond motifs is 1. The molecule has 1 unspecified atom stereocenters. The van der Waals surface area contributed by atoms with E-state index < -0.39 is 0 Å². The van der Waals surface area contributed by atoms with E-state index in [1.165, 1.54) is 0 Å². The van der Waals surface area contributed by atoms with Gasteiger partial charge < -0.3 is 14.4 Å². The van der Waals surface area contributed by atoms with E-state index in [1.54, 1.807) is 0 Å². The minimum Gasteiger partial charge on any atom is -0.494 e. The highest BCUT2D eigenvalue weighted by Crippen LogP contribution is 2.26. The van der Waals surface area contributed by atoms with Crippen LogP contribution in [0.5, 0.6) is 11.5 Å². The van der Waals surface area contributed by atoms with Crippen LogP contribution in [0.3, 0.4) is 0 Å². The number of rotatable bonds is 7. The third kappa shape index (κ3) is 4.50. The van der Waals surface area contributed by atoms with E-state index in [9.17, 15) is 4.79 Å². The van der Waals surface area contributed by atoms with Gasteiger partial charge in [0.05, 0.1) is 6.61 Å². The van der Waals surface area contributed by atoms with E-state index in [0.29, 0.717) is 18.9 Å². The van der Waals surface area contributed by atoms with Gasteiger partial charge in [-0.2, -0.15) is 0 Å². The summed E-state index contributed by atoms with van der Waals surface area (Å²) in [6.45, 7) is 4.18. The van der Waals surface area contributed by atoms with Gasteiger partial charge in [0.2, 0.25) is 0 Å². The van der Waals surface area contributed by atoms with E-state index in [0.717, 1.165) is 43.0 Å². The molecular formula is C22H26N4O3. The number of piperidine rings is 1. The highest BCUT2D eigenvalue weighted by atomic mass is 16.5. The number of amides is 1. The Morgan fingerprint density at radius 1 is 1.10 bits per heavy atom. The summed E-state index contributed by atoms with van der Waals surface area (Å²) in [5.74, 6) is 2.57. The molecule has 0 aliphatic carbocycles. The average Bonchev–Trinajstić information content (AvgIpc) is 3.21. The Bertz CT molecular complexity index is 954. The zero-order chi connectivity index (χ0) is 20.1. The summed E-state index contributed by atoms with van der Waals surface area (Å²) in [7, 11) is 0. The van der Waals surface area contributed by atoms with Gasteiger partial charge in [0.15, 0.2) is 12.3 Å². The third-order valence-electron chi connectivity index (χ3n) is 5.14. The van der Waals surface area contributed by atoms with Crippen molar-refractivity contribution >= 4 is 11.6 Å². The smallest absolute Gasteiger partial charge is 0.260 e. The molecule has 7 nitrogen and oxygen atoms in total. The fourth-order valence-electron chi connectivity index (χ4n) is 3.64.